The Bertz CT molecular complexity index is 3720. The second-order valence-electron chi connectivity index (χ2n) is 18.1. The van der Waals surface area contributed by atoms with E-state index in [4.69, 9.17) is 0 Å². The van der Waals surface area contributed by atoms with Gasteiger partial charge in [0.25, 0.3) is 0 Å². The number of aromatic nitrogens is 1. The Morgan fingerprint density at radius 1 is 0.275 bits per heavy atom. The van der Waals surface area contributed by atoms with Crippen LogP contribution < -0.4 is 4.90 Å². The predicted octanol–water partition coefficient (Wildman–Crippen LogP) is 17.6. The molecule has 1 heterocycles. The first-order valence-corrected chi connectivity index (χ1v) is 23.8. The molecule has 0 saturated heterocycles. The third-order valence-electron chi connectivity index (χ3n) is 14.2. The highest BCUT2D eigenvalue weighted by atomic mass is 15.1. The Morgan fingerprint density at radius 3 is 1.46 bits per heavy atom. The molecular formula is C67H46N2. The van der Waals surface area contributed by atoms with E-state index in [1.165, 1.54) is 71.9 Å². The molecule has 0 fully saturated rings. The fraction of sp³-hybridized carbons (Fsp3) is 0.0149. The number of hydrogen-bond donors (Lipinski definition) is 0. The number of hydrogen-bond acceptors (Lipinski definition) is 1. The number of para-hydroxylation sites is 2. The molecule has 0 atom stereocenters. The predicted molar refractivity (Wildman–Crippen MR) is 289 cm³/mol. The summed E-state index contributed by atoms with van der Waals surface area (Å²) in [5.74, 6) is 0. The zero-order valence-electron chi connectivity index (χ0n) is 38.0. The van der Waals surface area contributed by atoms with Crippen LogP contribution in [0.2, 0.25) is 0 Å². The van der Waals surface area contributed by atoms with Crippen molar-refractivity contribution in [1.82, 2.24) is 4.57 Å². The second-order valence-corrected chi connectivity index (χ2v) is 18.1. The summed E-state index contributed by atoms with van der Waals surface area (Å²) in [5, 5.41) is 2.47. The topological polar surface area (TPSA) is 8.17 Å². The van der Waals surface area contributed by atoms with E-state index < -0.39 is 5.41 Å². The van der Waals surface area contributed by atoms with Crippen molar-refractivity contribution in [2.45, 2.75) is 5.41 Å². The Balaban J connectivity index is 1.05. The summed E-state index contributed by atoms with van der Waals surface area (Å²) in [6.45, 7) is 0. The fourth-order valence-electron chi connectivity index (χ4n) is 11.2. The smallest absolute Gasteiger partial charge is 0.0714 e. The first-order chi connectivity index (χ1) is 34.2. The van der Waals surface area contributed by atoms with E-state index in [0.717, 1.165) is 39.4 Å². The lowest BCUT2D eigenvalue weighted by molar-refractivity contribution is 0.768. The van der Waals surface area contributed by atoms with Crippen LogP contribution in [0.4, 0.5) is 17.1 Å². The largest absolute Gasteiger partial charge is 0.310 e. The molecule has 0 bridgehead atoms. The molecule has 0 radical (unpaired) electrons. The number of anilines is 3. The van der Waals surface area contributed by atoms with Gasteiger partial charge < -0.3 is 9.47 Å². The van der Waals surface area contributed by atoms with E-state index in [9.17, 15) is 0 Å². The first kappa shape index (κ1) is 40.3. The molecule has 0 aliphatic heterocycles. The quantitative estimate of drug-likeness (QED) is 0.140. The minimum atomic E-state index is -0.548. The van der Waals surface area contributed by atoms with Gasteiger partial charge in [-0.1, -0.05) is 206 Å². The van der Waals surface area contributed by atoms with Crippen molar-refractivity contribution in [2.24, 2.45) is 0 Å². The molecule has 12 aromatic rings. The normalized spacial score (nSPS) is 12.5. The number of rotatable bonds is 9. The number of nitrogens with zero attached hydrogens (tertiary/aromatic N) is 2. The maximum Gasteiger partial charge on any atom is 0.0714 e. The molecule has 1 aromatic heterocycles. The highest BCUT2D eigenvalue weighted by Gasteiger charge is 2.46. The highest BCUT2D eigenvalue weighted by molar-refractivity contribution is 6.10. The van der Waals surface area contributed by atoms with E-state index >= 15 is 0 Å². The molecule has 0 saturated carbocycles. The second kappa shape index (κ2) is 16.7. The van der Waals surface area contributed by atoms with Gasteiger partial charge in [0.2, 0.25) is 0 Å². The standard InChI is InChI=1S/C67H46N2/c1-6-21-47(22-7-1)51-41-52(48-23-8-2-9-24-48)44-58(43-51)68(56-32-20-25-49(42-56)50-37-40-66-62(45-50)61-34-17-19-36-65(61)69(66)55-30-14-5-15-31-55)57-38-39-60-59-33-16-18-35-63(59)67(64(60)46-57,53-26-10-3-11-27-53)54-28-12-4-13-29-54/h1-46H. The average molecular weight is 879 g/mol. The fourth-order valence-corrected chi connectivity index (χ4v) is 11.2. The van der Waals surface area contributed by atoms with Gasteiger partial charge >= 0.3 is 0 Å². The first-order valence-electron chi connectivity index (χ1n) is 23.8. The van der Waals surface area contributed by atoms with E-state index in [0.29, 0.717) is 0 Å². The Kier molecular flexibility index (Phi) is 9.77. The molecule has 324 valence electrons. The van der Waals surface area contributed by atoms with Gasteiger partial charge in [0, 0.05) is 33.5 Å². The van der Waals surface area contributed by atoms with Gasteiger partial charge in [-0.25, -0.2) is 0 Å². The molecular weight excluding hydrogens is 833 g/mol. The van der Waals surface area contributed by atoms with Crippen molar-refractivity contribution in [1.29, 1.82) is 0 Å². The summed E-state index contributed by atoms with van der Waals surface area (Å²) in [6, 6.07) is 102. The third kappa shape index (κ3) is 6.72. The van der Waals surface area contributed by atoms with Gasteiger partial charge in [-0.3, -0.25) is 0 Å². The van der Waals surface area contributed by atoms with Crippen molar-refractivity contribution in [3.8, 4) is 50.2 Å². The molecule has 2 nitrogen and oxygen atoms in total. The zero-order chi connectivity index (χ0) is 45.7. The van der Waals surface area contributed by atoms with E-state index in [-0.39, 0.29) is 0 Å². The van der Waals surface area contributed by atoms with E-state index in [1.807, 2.05) is 0 Å². The van der Waals surface area contributed by atoms with Crippen LogP contribution in [0.25, 0.3) is 72.0 Å². The van der Waals surface area contributed by atoms with Crippen LogP contribution in [0.5, 0.6) is 0 Å². The lowest BCUT2D eigenvalue weighted by Gasteiger charge is -2.35. The van der Waals surface area contributed by atoms with E-state index in [2.05, 4.69) is 289 Å². The SMILES string of the molecule is c1ccc(-c2cc(-c3ccccc3)cc(N(c3cccc(-c4ccc5c(c4)c4ccccc4n5-c4ccccc4)c3)c3ccc4c(c3)C(c3ccccc3)(c3ccccc3)c3ccccc3-4)c2)cc1. The summed E-state index contributed by atoms with van der Waals surface area (Å²) in [5.41, 5.74) is 20.8. The molecule has 0 spiro atoms. The minimum Gasteiger partial charge on any atom is -0.310 e. The third-order valence-corrected chi connectivity index (χ3v) is 14.2. The van der Waals surface area contributed by atoms with Gasteiger partial charge in [0.05, 0.1) is 16.4 Å². The molecule has 0 N–H and O–H groups in total. The van der Waals surface area contributed by atoms with E-state index in [1.54, 1.807) is 0 Å². The van der Waals surface area contributed by atoms with Crippen molar-refractivity contribution >= 4 is 38.9 Å². The van der Waals surface area contributed by atoms with Crippen LogP contribution in [0.3, 0.4) is 0 Å². The molecule has 0 amide bonds. The van der Waals surface area contributed by atoms with Crippen LogP contribution in [0.1, 0.15) is 22.3 Å². The highest BCUT2D eigenvalue weighted by Crippen LogP contribution is 2.57. The van der Waals surface area contributed by atoms with Crippen LogP contribution in [-0.4, -0.2) is 4.57 Å². The summed E-state index contributed by atoms with van der Waals surface area (Å²) >= 11 is 0. The lowest BCUT2D eigenvalue weighted by atomic mass is 9.67. The summed E-state index contributed by atoms with van der Waals surface area (Å²) in [4.78, 5) is 2.48. The Morgan fingerprint density at radius 2 is 0.783 bits per heavy atom. The van der Waals surface area contributed by atoms with Crippen molar-refractivity contribution < 1.29 is 0 Å². The monoisotopic (exact) mass is 878 g/mol. The van der Waals surface area contributed by atoms with Crippen molar-refractivity contribution in [3.05, 3.63) is 301 Å². The molecule has 0 unspecified atom stereocenters. The maximum absolute atomic E-state index is 2.48. The molecule has 2 heteroatoms. The number of benzene rings is 11. The number of fused-ring (bicyclic) bond motifs is 6. The van der Waals surface area contributed by atoms with Gasteiger partial charge in [-0.2, -0.15) is 0 Å². The molecule has 69 heavy (non-hydrogen) atoms. The lowest BCUT2D eigenvalue weighted by Crippen LogP contribution is -2.28. The van der Waals surface area contributed by atoms with Crippen LogP contribution in [0, 0.1) is 0 Å². The van der Waals surface area contributed by atoms with Crippen LogP contribution in [-0.2, 0) is 5.41 Å². The molecule has 1 aliphatic carbocycles. The Labute approximate surface area is 403 Å². The average Bonchev–Trinajstić information content (AvgIpc) is 3.92. The van der Waals surface area contributed by atoms with Gasteiger partial charge in [-0.15, -0.1) is 0 Å². The minimum absolute atomic E-state index is 0.548. The van der Waals surface area contributed by atoms with Gasteiger partial charge in [-0.05, 0) is 140 Å². The molecule has 13 rings (SSSR count). The molecule has 1 aliphatic rings. The summed E-state index contributed by atoms with van der Waals surface area (Å²) in [7, 11) is 0. The summed E-state index contributed by atoms with van der Waals surface area (Å²) < 4.78 is 2.38. The maximum atomic E-state index is 2.48. The van der Waals surface area contributed by atoms with Crippen LogP contribution in [0.15, 0.2) is 279 Å². The van der Waals surface area contributed by atoms with Crippen molar-refractivity contribution in [2.75, 3.05) is 4.90 Å². The molecule has 11 aromatic carbocycles. The van der Waals surface area contributed by atoms with Gasteiger partial charge in [0.15, 0.2) is 0 Å². The summed E-state index contributed by atoms with van der Waals surface area (Å²) in [6.07, 6.45) is 0. The van der Waals surface area contributed by atoms with Crippen LogP contribution >= 0.6 is 0 Å². The Hall–Kier alpha value is -8.98. The zero-order valence-corrected chi connectivity index (χ0v) is 38.0. The van der Waals surface area contributed by atoms with Crippen molar-refractivity contribution in [3.63, 3.8) is 0 Å². The van der Waals surface area contributed by atoms with Gasteiger partial charge in [0.1, 0.15) is 0 Å².